The van der Waals surface area contributed by atoms with E-state index in [1.54, 1.807) is 0 Å². The summed E-state index contributed by atoms with van der Waals surface area (Å²) in [5.41, 5.74) is 5.44. The van der Waals surface area contributed by atoms with Crippen molar-refractivity contribution in [3.8, 4) is 0 Å². The summed E-state index contributed by atoms with van der Waals surface area (Å²) in [5, 5.41) is 1.36. The number of hydrogen-bond donors (Lipinski definition) is 1. The van der Waals surface area contributed by atoms with Crippen LogP contribution >= 0.6 is 0 Å². The standard InChI is InChI=1S/C15H18N2/c1-11-3-4-15-13(9-11)14(10-16-15)12-5-7-17(2)8-6-12/h3-5,9-10,16H,6-8H2,1-2H3. The summed E-state index contributed by atoms with van der Waals surface area (Å²) in [6, 6.07) is 6.61. The van der Waals surface area contributed by atoms with E-state index < -0.39 is 0 Å². The molecule has 2 aromatic rings. The second-order valence-electron chi connectivity index (χ2n) is 4.99. The lowest BCUT2D eigenvalue weighted by atomic mass is 9.98. The van der Waals surface area contributed by atoms with Gasteiger partial charge in [0, 0.05) is 35.8 Å². The molecule has 1 aromatic carbocycles. The molecular weight excluding hydrogens is 208 g/mol. The van der Waals surface area contributed by atoms with Crippen LogP contribution in [-0.2, 0) is 0 Å². The summed E-state index contributed by atoms with van der Waals surface area (Å²) in [5.74, 6) is 0. The number of nitrogens with zero attached hydrogens (tertiary/aromatic N) is 1. The minimum atomic E-state index is 1.06. The zero-order valence-corrected chi connectivity index (χ0v) is 10.5. The van der Waals surface area contributed by atoms with Gasteiger partial charge in [0.25, 0.3) is 0 Å². The zero-order chi connectivity index (χ0) is 11.8. The van der Waals surface area contributed by atoms with E-state index in [2.05, 4.69) is 54.3 Å². The molecule has 2 nitrogen and oxygen atoms in total. The Bertz CT molecular complexity index is 578. The molecule has 1 N–H and O–H groups in total. The summed E-state index contributed by atoms with van der Waals surface area (Å²) < 4.78 is 0. The van der Waals surface area contributed by atoms with E-state index in [0.29, 0.717) is 0 Å². The van der Waals surface area contributed by atoms with Gasteiger partial charge in [0.15, 0.2) is 0 Å². The van der Waals surface area contributed by atoms with Gasteiger partial charge in [-0.1, -0.05) is 17.7 Å². The van der Waals surface area contributed by atoms with Crippen molar-refractivity contribution in [1.82, 2.24) is 9.88 Å². The summed E-state index contributed by atoms with van der Waals surface area (Å²) in [6.07, 6.45) is 5.66. The maximum atomic E-state index is 3.37. The van der Waals surface area contributed by atoms with Crippen LogP contribution in [0.5, 0.6) is 0 Å². The van der Waals surface area contributed by atoms with Crippen molar-refractivity contribution in [1.29, 1.82) is 0 Å². The molecule has 0 radical (unpaired) electrons. The van der Waals surface area contributed by atoms with E-state index in [-0.39, 0.29) is 0 Å². The molecular formula is C15H18N2. The van der Waals surface area contributed by atoms with E-state index >= 15 is 0 Å². The number of rotatable bonds is 1. The Kier molecular flexibility index (Phi) is 2.52. The molecule has 0 saturated heterocycles. The van der Waals surface area contributed by atoms with Gasteiger partial charge in [-0.2, -0.15) is 0 Å². The van der Waals surface area contributed by atoms with E-state index in [0.717, 1.165) is 19.5 Å². The first kappa shape index (κ1) is 10.6. The van der Waals surface area contributed by atoms with Crippen LogP contribution in [0.15, 0.2) is 30.5 Å². The number of hydrogen-bond acceptors (Lipinski definition) is 1. The van der Waals surface area contributed by atoms with Crippen molar-refractivity contribution < 1.29 is 0 Å². The van der Waals surface area contributed by atoms with Crippen LogP contribution in [0.1, 0.15) is 17.5 Å². The fraction of sp³-hybridized carbons (Fsp3) is 0.333. The monoisotopic (exact) mass is 226 g/mol. The Labute approximate surface area is 102 Å². The highest BCUT2D eigenvalue weighted by Gasteiger charge is 2.13. The third kappa shape index (κ3) is 1.89. The lowest BCUT2D eigenvalue weighted by Crippen LogP contribution is -2.23. The Hall–Kier alpha value is -1.54. The van der Waals surface area contributed by atoms with Crippen molar-refractivity contribution in [2.45, 2.75) is 13.3 Å². The summed E-state index contributed by atoms with van der Waals surface area (Å²) in [6.45, 7) is 4.37. The first-order valence-corrected chi connectivity index (χ1v) is 6.20. The minimum absolute atomic E-state index is 1.06. The molecule has 0 amide bonds. The first-order chi connectivity index (χ1) is 8.24. The number of nitrogens with one attached hydrogen (secondary N) is 1. The van der Waals surface area contributed by atoms with Crippen molar-refractivity contribution >= 4 is 16.5 Å². The molecule has 0 bridgehead atoms. The maximum absolute atomic E-state index is 3.37. The normalized spacial score (nSPS) is 17.4. The molecule has 3 rings (SSSR count). The van der Waals surface area contributed by atoms with E-state index in [4.69, 9.17) is 0 Å². The highest BCUT2D eigenvalue weighted by atomic mass is 15.1. The van der Waals surface area contributed by atoms with Gasteiger partial charge in [-0.25, -0.2) is 0 Å². The van der Waals surface area contributed by atoms with Crippen LogP contribution in [-0.4, -0.2) is 30.0 Å². The number of aromatic amines is 1. The highest BCUT2D eigenvalue weighted by Crippen LogP contribution is 2.29. The van der Waals surface area contributed by atoms with Gasteiger partial charge in [0.05, 0.1) is 0 Å². The van der Waals surface area contributed by atoms with Gasteiger partial charge >= 0.3 is 0 Å². The number of likely N-dealkylation sites (N-methyl/N-ethyl adjacent to an activating group) is 1. The van der Waals surface area contributed by atoms with Crippen LogP contribution in [0, 0.1) is 6.92 Å². The van der Waals surface area contributed by atoms with Gasteiger partial charge < -0.3 is 9.88 Å². The molecule has 0 fully saturated rings. The number of aryl methyl sites for hydroxylation is 1. The number of fused-ring (bicyclic) bond motifs is 1. The smallest absolute Gasteiger partial charge is 0.0460 e. The van der Waals surface area contributed by atoms with E-state index in [1.807, 2.05) is 0 Å². The predicted octanol–water partition coefficient (Wildman–Crippen LogP) is 3.20. The Balaban J connectivity index is 2.08. The lowest BCUT2D eigenvalue weighted by Gasteiger charge is -2.21. The topological polar surface area (TPSA) is 19.0 Å². The molecule has 1 aliphatic rings. The van der Waals surface area contributed by atoms with Crippen molar-refractivity contribution in [3.63, 3.8) is 0 Å². The Morgan fingerprint density at radius 3 is 2.94 bits per heavy atom. The number of H-pyrrole nitrogens is 1. The second-order valence-corrected chi connectivity index (χ2v) is 4.99. The molecule has 17 heavy (non-hydrogen) atoms. The molecule has 2 heterocycles. The number of aromatic nitrogens is 1. The molecule has 0 saturated carbocycles. The van der Waals surface area contributed by atoms with Crippen LogP contribution < -0.4 is 0 Å². The zero-order valence-electron chi connectivity index (χ0n) is 10.5. The molecule has 88 valence electrons. The van der Waals surface area contributed by atoms with Gasteiger partial charge in [-0.3, -0.25) is 0 Å². The molecule has 0 unspecified atom stereocenters. The number of benzene rings is 1. The molecule has 0 atom stereocenters. The molecule has 1 aromatic heterocycles. The van der Waals surface area contributed by atoms with E-state index in [1.165, 1.54) is 27.6 Å². The SMILES string of the molecule is Cc1ccc2[nH]cc(C3=CCN(C)CC3)c2c1. The first-order valence-electron chi connectivity index (χ1n) is 6.20. The molecule has 0 aliphatic carbocycles. The second kappa shape index (κ2) is 4.04. The average Bonchev–Trinajstić information content (AvgIpc) is 2.73. The lowest BCUT2D eigenvalue weighted by molar-refractivity contribution is 0.370. The Morgan fingerprint density at radius 2 is 2.18 bits per heavy atom. The van der Waals surface area contributed by atoms with Crippen LogP contribution in [0.3, 0.4) is 0 Å². The fourth-order valence-electron chi connectivity index (χ4n) is 2.52. The van der Waals surface area contributed by atoms with Crippen LogP contribution in [0.2, 0.25) is 0 Å². The van der Waals surface area contributed by atoms with Gasteiger partial charge in [-0.05, 0) is 38.1 Å². The molecule has 1 aliphatic heterocycles. The summed E-state index contributed by atoms with van der Waals surface area (Å²) in [7, 11) is 2.17. The molecule has 0 spiro atoms. The summed E-state index contributed by atoms with van der Waals surface area (Å²) in [4.78, 5) is 5.72. The quantitative estimate of drug-likeness (QED) is 0.791. The third-order valence-electron chi connectivity index (χ3n) is 3.60. The van der Waals surface area contributed by atoms with Crippen molar-refractivity contribution in [2.24, 2.45) is 0 Å². The third-order valence-corrected chi connectivity index (χ3v) is 3.60. The summed E-state index contributed by atoms with van der Waals surface area (Å²) >= 11 is 0. The minimum Gasteiger partial charge on any atom is -0.361 e. The predicted molar refractivity (Wildman–Crippen MR) is 73.1 cm³/mol. The van der Waals surface area contributed by atoms with Crippen LogP contribution in [0.25, 0.3) is 16.5 Å². The van der Waals surface area contributed by atoms with Crippen molar-refractivity contribution in [2.75, 3.05) is 20.1 Å². The van der Waals surface area contributed by atoms with Crippen molar-refractivity contribution in [3.05, 3.63) is 41.6 Å². The Morgan fingerprint density at radius 1 is 1.29 bits per heavy atom. The fourth-order valence-corrected chi connectivity index (χ4v) is 2.52. The van der Waals surface area contributed by atoms with E-state index in [9.17, 15) is 0 Å². The van der Waals surface area contributed by atoms with Gasteiger partial charge in [-0.15, -0.1) is 0 Å². The van der Waals surface area contributed by atoms with Gasteiger partial charge in [0.1, 0.15) is 0 Å². The highest BCUT2D eigenvalue weighted by molar-refractivity contribution is 5.93. The molecule has 2 heteroatoms. The van der Waals surface area contributed by atoms with Crippen LogP contribution in [0.4, 0.5) is 0 Å². The largest absolute Gasteiger partial charge is 0.361 e. The maximum Gasteiger partial charge on any atom is 0.0460 e. The van der Waals surface area contributed by atoms with Gasteiger partial charge in [0.2, 0.25) is 0 Å². The average molecular weight is 226 g/mol.